The molecular weight excluding hydrogens is 376 g/mol. The second kappa shape index (κ2) is 8.28. The minimum atomic E-state index is -2.12. The molecule has 0 bridgehead atoms. The summed E-state index contributed by atoms with van der Waals surface area (Å²) in [5, 5.41) is 48.3. The molecule has 2 rings (SSSR count). The molecule has 0 unspecified atom stereocenters. The lowest BCUT2D eigenvalue weighted by atomic mass is 9.79. The molecule has 0 radical (unpaired) electrons. The van der Waals surface area contributed by atoms with Crippen molar-refractivity contribution >= 4 is 24.0 Å². The number of phenolic OH excluding ortho intramolecular Hbond substituents is 2. The lowest BCUT2D eigenvalue weighted by Crippen LogP contribution is -2.58. The van der Waals surface area contributed by atoms with Gasteiger partial charge in [0.1, 0.15) is 0 Å². The fourth-order valence-electron chi connectivity index (χ4n) is 2.96. The molecule has 1 aromatic carbocycles. The van der Waals surface area contributed by atoms with Crippen molar-refractivity contribution in [3.63, 3.8) is 0 Å². The van der Waals surface area contributed by atoms with Gasteiger partial charge >= 0.3 is 17.9 Å². The van der Waals surface area contributed by atoms with E-state index < -0.39 is 54.7 Å². The molecule has 1 fully saturated rings. The Kier molecular flexibility index (Phi) is 6.26. The van der Waals surface area contributed by atoms with Crippen LogP contribution in [0.3, 0.4) is 0 Å². The van der Waals surface area contributed by atoms with Gasteiger partial charge in [-0.15, -0.1) is 0 Å². The Balaban J connectivity index is 2.07. The van der Waals surface area contributed by atoms with E-state index in [0.717, 1.165) is 13.0 Å². The summed E-state index contributed by atoms with van der Waals surface area (Å²) in [7, 11) is 0. The number of aliphatic hydroxyl groups is 2. The Morgan fingerprint density at radius 2 is 1.71 bits per heavy atom. The van der Waals surface area contributed by atoms with Crippen LogP contribution in [0.25, 0.3) is 6.08 Å². The molecule has 2 atom stereocenters. The van der Waals surface area contributed by atoms with E-state index >= 15 is 0 Å². The molecule has 28 heavy (non-hydrogen) atoms. The van der Waals surface area contributed by atoms with Gasteiger partial charge in [-0.2, -0.15) is 0 Å². The second-order valence-corrected chi connectivity index (χ2v) is 6.42. The normalized spacial score (nSPS) is 27.3. The third-order valence-electron chi connectivity index (χ3n) is 4.23. The van der Waals surface area contributed by atoms with E-state index in [1.807, 2.05) is 0 Å². The first kappa shape index (κ1) is 21.2. The van der Waals surface area contributed by atoms with E-state index in [4.69, 9.17) is 9.47 Å². The van der Waals surface area contributed by atoms with Crippen molar-refractivity contribution in [3.8, 4) is 11.5 Å². The van der Waals surface area contributed by atoms with Crippen molar-refractivity contribution in [2.75, 3.05) is 0 Å². The number of aliphatic carboxylic acids is 1. The summed E-state index contributed by atoms with van der Waals surface area (Å²) in [5.74, 6) is -4.08. The Hall–Kier alpha value is -3.11. The Morgan fingerprint density at radius 3 is 2.21 bits per heavy atom. The minimum absolute atomic E-state index is 0.331. The van der Waals surface area contributed by atoms with Crippen LogP contribution in [0.15, 0.2) is 24.3 Å². The first-order chi connectivity index (χ1) is 13.0. The third-order valence-corrected chi connectivity index (χ3v) is 4.23. The topological polar surface area (TPSA) is 171 Å². The van der Waals surface area contributed by atoms with Crippen molar-refractivity contribution in [1.82, 2.24) is 0 Å². The smallest absolute Gasteiger partial charge is 0.348 e. The number of carbonyl (C=O) groups is 3. The van der Waals surface area contributed by atoms with E-state index in [2.05, 4.69) is 0 Å². The highest BCUT2D eigenvalue weighted by molar-refractivity contribution is 5.87. The molecule has 10 heteroatoms. The van der Waals surface area contributed by atoms with Gasteiger partial charge in [-0.05, 0) is 23.8 Å². The van der Waals surface area contributed by atoms with Crippen molar-refractivity contribution in [3.05, 3.63) is 29.8 Å². The van der Waals surface area contributed by atoms with Crippen molar-refractivity contribution < 1.29 is 49.4 Å². The number of rotatable bonds is 5. The fraction of sp³-hybridized carbons (Fsp3) is 0.389. The molecule has 0 heterocycles. The average molecular weight is 396 g/mol. The summed E-state index contributed by atoms with van der Waals surface area (Å²) >= 11 is 0. The van der Waals surface area contributed by atoms with Crippen LogP contribution in [0.1, 0.15) is 25.3 Å². The highest BCUT2D eigenvalue weighted by atomic mass is 16.6. The molecule has 0 aliphatic heterocycles. The maximum Gasteiger partial charge on any atom is 0.348 e. The summed E-state index contributed by atoms with van der Waals surface area (Å²) in [6, 6.07) is 3.84. The predicted octanol–water partition coefficient (Wildman–Crippen LogP) is -0.0751. The molecule has 0 amide bonds. The van der Waals surface area contributed by atoms with E-state index in [-0.39, 0.29) is 11.5 Å². The molecule has 1 aliphatic rings. The average Bonchev–Trinajstić information content (AvgIpc) is 2.58. The van der Waals surface area contributed by atoms with Gasteiger partial charge in [0.05, 0.1) is 12.2 Å². The summed E-state index contributed by atoms with van der Waals surface area (Å²) in [6.45, 7) is 1.00. The van der Waals surface area contributed by atoms with Crippen LogP contribution in [-0.2, 0) is 23.9 Å². The standard InChI is InChI=1S/C18H20O10/c1-9(19)28-18(17(25)26)7-13(22)16(14(23)8-18)27-15(24)5-3-10-2-4-11(20)12(21)6-10/h2-6,13-14,16,20-23H,7-8H2,1H3,(H,25,26)/b5-3+/t13-,14-,16-,18+/m1/s1. The molecule has 10 nitrogen and oxygen atoms in total. The molecule has 1 aromatic rings. The second-order valence-electron chi connectivity index (χ2n) is 6.42. The quantitative estimate of drug-likeness (QED) is 0.258. The maximum absolute atomic E-state index is 12.0. The van der Waals surface area contributed by atoms with Gasteiger partial charge in [0.15, 0.2) is 17.6 Å². The molecule has 152 valence electrons. The molecule has 5 N–H and O–H groups in total. The number of esters is 2. The van der Waals surface area contributed by atoms with Gasteiger partial charge < -0.3 is 35.0 Å². The number of carboxylic acid groups (broad SMARTS) is 1. The minimum Gasteiger partial charge on any atom is -0.504 e. The summed E-state index contributed by atoms with van der Waals surface area (Å²) < 4.78 is 9.80. The summed E-state index contributed by atoms with van der Waals surface area (Å²) in [5.41, 5.74) is -1.75. The van der Waals surface area contributed by atoms with Crippen molar-refractivity contribution in [1.29, 1.82) is 0 Å². The number of carbonyl (C=O) groups excluding carboxylic acids is 2. The van der Waals surface area contributed by atoms with Gasteiger partial charge in [0.2, 0.25) is 5.60 Å². The number of benzene rings is 1. The molecule has 0 saturated heterocycles. The third kappa shape index (κ3) is 4.78. The number of ether oxygens (including phenoxy) is 2. The van der Waals surface area contributed by atoms with Crippen LogP contribution in [0.5, 0.6) is 11.5 Å². The van der Waals surface area contributed by atoms with E-state index in [0.29, 0.717) is 5.56 Å². The molecular formula is C18H20O10. The Morgan fingerprint density at radius 1 is 1.11 bits per heavy atom. The zero-order valence-electron chi connectivity index (χ0n) is 14.8. The largest absolute Gasteiger partial charge is 0.504 e. The zero-order valence-corrected chi connectivity index (χ0v) is 14.8. The SMILES string of the molecule is CC(=O)O[C@]1(C(=O)O)C[C@@H](O)[C@H](OC(=O)/C=C/c2ccc(O)c(O)c2)[C@H](O)C1. The first-order valence-corrected chi connectivity index (χ1v) is 8.24. The monoisotopic (exact) mass is 396 g/mol. The number of hydrogen-bond donors (Lipinski definition) is 5. The lowest BCUT2D eigenvalue weighted by molar-refractivity contribution is -0.208. The highest BCUT2D eigenvalue weighted by Gasteiger charge is 2.54. The van der Waals surface area contributed by atoms with E-state index in [1.165, 1.54) is 24.3 Å². The molecule has 0 aromatic heterocycles. The van der Waals surface area contributed by atoms with E-state index in [1.54, 1.807) is 0 Å². The number of carboxylic acids is 1. The van der Waals surface area contributed by atoms with Crippen molar-refractivity contribution in [2.24, 2.45) is 0 Å². The fourth-order valence-corrected chi connectivity index (χ4v) is 2.96. The number of aromatic hydroxyl groups is 2. The van der Waals surface area contributed by atoms with Gasteiger partial charge in [-0.25, -0.2) is 9.59 Å². The lowest BCUT2D eigenvalue weighted by Gasteiger charge is -2.41. The van der Waals surface area contributed by atoms with Gasteiger partial charge in [0, 0.05) is 25.8 Å². The van der Waals surface area contributed by atoms with Crippen LogP contribution in [0.2, 0.25) is 0 Å². The van der Waals surface area contributed by atoms with Gasteiger partial charge in [-0.1, -0.05) is 6.07 Å². The number of phenols is 2. The van der Waals surface area contributed by atoms with Crippen LogP contribution < -0.4 is 0 Å². The van der Waals surface area contributed by atoms with E-state index in [9.17, 15) is 39.9 Å². The molecule has 1 saturated carbocycles. The van der Waals surface area contributed by atoms with Crippen LogP contribution in [0.4, 0.5) is 0 Å². The van der Waals surface area contributed by atoms with Crippen molar-refractivity contribution in [2.45, 2.75) is 43.7 Å². The van der Waals surface area contributed by atoms with Crippen LogP contribution in [0, 0.1) is 0 Å². The summed E-state index contributed by atoms with van der Waals surface area (Å²) in [4.78, 5) is 34.6. The van der Waals surface area contributed by atoms with Crippen LogP contribution >= 0.6 is 0 Å². The number of aliphatic hydroxyl groups excluding tert-OH is 2. The highest BCUT2D eigenvalue weighted by Crippen LogP contribution is 2.34. The Bertz CT molecular complexity index is 788. The molecule has 0 spiro atoms. The van der Waals surface area contributed by atoms with Crippen LogP contribution in [-0.4, -0.2) is 67.4 Å². The summed E-state index contributed by atoms with van der Waals surface area (Å²) in [6.07, 6.45) is -3.49. The Labute approximate surface area is 159 Å². The van der Waals surface area contributed by atoms with Gasteiger partial charge in [0.25, 0.3) is 0 Å². The first-order valence-electron chi connectivity index (χ1n) is 8.24. The van der Waals surface area contributed by atoms with Gasteiger partial charge in [-0.3, -0.25) is 4.79 Å². The predicted molar refractivity (Wildman–Crippen MR) is 92.1 cm³/mol. The zero-order chi connectivity index (χ0) is 21.1. The molecule has 1 aliphatic carbocycles. The number of hydrogen-bond acceptors (Lipinski definition) is 9. The maximum atomic E-state index is 12.0.